The second-order valence-corrected chi connectivity index (χ2v) is 4.50. The van der Waals surface area contributed by atoms with E-state index in [0.717, 1.165) is 22.2 Å². The van der Waals surface area contributed by atoms with E-state index in [4.69, 9.17) is 4.42 Å². The molecule has 1 aromatic heterocycles. The number of para-hydroxylation sites is 2. The highest BCUT2D eigenvalue weighted by Crippen LogP contribution is 2.24. The van der Waals surface area contributed by atoms with Gasteiger partial charge in [-0.3, -0.25) is 15.6 Å². The Labute approximate surface area is 116 Å². The first-order chi connectivity index (χ1) is 9.75. The summed E-state index contributed by atoms with van der Waals surface area (Å²) < 4.78 is 5.60. The van der Waals surface area contributed by atoms with E-state index in [9.17, 15) is 4.79 Å². The number of hydrazine groups is 1. The van der Waals surface area contributed by atoms with E-state index in [2.05, 4.69) is 10.9 Å². The molecule has 20 heavy (non-hydrogen) atoms. The molecule has 100 valence electrons. The maximum absolute atomic E-state index is 12.1. The van der Waals surface area contributed by atoms with Gasteiger partial charge in [0.1, 0.15) is 5.58 Å². The third-order valence-electron chi connectivity index (χ3n) is 3.14. The summed E-state index contributed by atoms with van der Waals surface area (Å²) in [5.41, 5.74) is 7.86. The van der Waals surface area contributed by atoms with Crippen molar-refractivity contribution in [3.05, 3.63) is 65.9 Å². The molecule has 0 fully saturated rings. The Morgan fingerprint density at radius 3 is 2.45 bits per heavy atom. The summed E-state index contributed by atoms with van der Waals surface area (Å²) in [6.07, 6.45) is 0. The number of amides is 1. The second kappa shape index (κ2) is 5.09. The standard InChI is InChI=1S/C16H14N2O2/c1-11-13-9-5-6-10-14(13)20-15(11)16(19)18-17-12-7-3-2-4-8-12/h2-10,17H,1H3,(H,18,19). The van der Waals surface area contributed by atoms with Crippen molar-refractivity contribution in [1.29, 1.82) is 0 Å². The second-order valence-electron chi connectivity index (χ2n) is 4.50. The molecule has 0 atom stereocenters. The van der Waals surface area contributed by atoms with E-state index in [0.29, 0.717) is 5.76 Å². The van der Waals surface area contributed by atoms with Crippen LogP contribution in [0.2, 0.25) is 0 Å². The third-order valence-corrected chi connectivity index (χ3v) is 3.14. The lowest BCUT2D eigenvalue weighted by Gasteiger charge is -2.06. The minimum absolute atomic E-state index is 0.289. The van der Waals surface area contributed by atoms with E-state index in [1.165, 1.54) is 0 Å². The summed E-state index contributed by atoms with van der Waals surface area (Å²) >= 11 is 0. The first-order valence-electron chi connectivity index (χ1n) is 6.35. The predicted molar refractivity (Wildman–Crippen MR) is 78.5 cm³/mol. The smallest absolute Gasteiger partial charge is 0.305 e. The zero-order valence-corrected chi connectivity index (χ0v) is 11.0. The molecule has 4 nitrogen and oxygen atoms in total. The van der Waals surface area contributed by atoms with E-state index in [1.54, 1.807) is 0 Å². The lowest BCUT2D eigenvalue weighted by Crippen LogP contribution is -2.29. The number of carbonyl (C=O) groups excluding carboxylic acids is 1. The molecule has 3 aromatic rings. The van der Waals surface area contributed by atoms with Gasteiger partial charge in [0.2, 0.25) is 0 Å². The van der Waals surface area contributed by atoms with Gasteiger partial charge in [-0.25, -0.2) is 0 Å². The van der Waals surface area contributed by atoms with E-state index in [-0.39, 0.29) is 5.91 Å². The van der Waals surface area contributed by atoms with Crippen LogP contribution in [-0.2, 0) is 0 Å². The van der Waals surface area contributed by atoms with Gasteiger partial charge < -0.3 is 4.42 Å². The van der Waals surface area contributed by atoms with Crippen molar-refractivity contribution in [1.82, 2.24) is 5.43 Å². The molecule has 4 heteroatoms. The summed E-state index contributed by atoms with van der Waals surface area (Å²) in [6, 6.07) is 17.0. The number of fused-ring (bicyclic) bond motifs is 1. The zero-order chi connectivity index (χ0) is 13.9. The molecule has 1 amide bonds. The summed E-state index contributed by atoms with van der Waals surface area (Å²) in [5, 5.41) is 0.956. The predicted octanol–water partition coefficient (Wildman–Crippen LogP) is 3.50. The highest BCUT2D eigenvalue weighted by molar-refractivity contribution is 5.99. The first kappa shape index (κ1) is 12.3. The molecular weight excluding hydrogens is 252 g/mol. The molecule has 3 rings (SSSR count). The lowest BCUT2D eigenvalue weighted by molar-refractivity contribution is 0.0936. The number of carbonyl (C=O) groups is 1. The average molecular weight is 266 g/mol. The van der Waals surface area contributed by atoms with Crippen LogP contribution in [0.4, 0.5) is 5.69 Å². The Hall–Kier alpha value is -2.75. The van der Waals surface area contributed by atoms with Gasteiger partial charge in [-0.15, -0.1) is 0 Å². The number of hydrogen-bond donors (Lipinski definition) is 2. The molecule has 0 aliphatic heterocycles. The first-order valence-corrected chi connectivity index (χ1v) is 6.35. The Morgan fingerprint density at radius 2 is 1.70 bits per heavy atom. The highest BCUT2D eigenvalue weighted by atomic mass is 16.3. The van der Waals surface area contributed by atoms with Crippen LogP contribution >= 0.6 is 0 Å². The topological polar surface area (TPSA) is 54.3 Å². The van der Waals surface area contributed by atoms with Gasteiger partial charge in [-0.05, 0) is 25.1 Å². The molecule has 0 saturated carbocycles. The van der Waals surface area contributed by atoms with Crippen LogP contribution in [0.1, 0.15) is 16.1 Å². The van der Waals surface area contributed by atoms with Gasteiger partial charge in [0.05, 0.1) is 5.69 Å². The van der Waals surface area contributed by atoms with Gasteiger partial charge in [0.15, 0.2) is 5.76 Å². The van der Waals surface area contributed by atoms with Crippen LogP contribution in [0, 0.1) is 6.92 Å². The molecule has 0 bridgehead atoms. The number of rotatable bonds is 3. The van der Waals surface area contributed by atoms with Gasteiger partial charge in [0, 0.05) is 10.9 Å². The summed E-state index contributed by atoms with van der Waals surface area (Å²) in [6.45, 7) is 1.88. The molecule has 1 heterocycles. The van der Waals surface area contributed by atoms with Crippen LogP contribution in [0.3, 0.4) is 0 Å². The summed E-state index contributed by atoms with van der Waals surface area (Å²) in [7, 11) is 0. The van der Waals surface area contributed by atoms with Crippen molar-refractivity contribution in [2.45, 2.75) is 6.92 Å². The maximum atomic E-state index is 12.1. The Kier molecular flexibility index (Phi) is 3.13. The fourth-order valence-corrected chi connectivity index (χ4v) is 2.10. The quantitative estimate of drug-likeness (QED) is 0.713. The Balaban J connectivity index is 1.81. The molecule has 2 N–H and O–H groups in total. The molecule has 0 spiro atoms. The maximum Gasteiger partial charge on any atom is 0.305 e. The Bertz CT molecular complexity index is 748. The normalized spacial score (nSPS) is 10.4. The van der Waals surface area contributed by atoms with Crippen LogP contribution in [0.15, 0.2) is 59.0 Å². The van der Waals surface area contributed by atoms with Crippen molar-refractivity contribution in [3.8, 4) is 0 Å². The van der Waals surface area contributed by atoms with Gasteiger partial charge in [-0.2, -0.15) is 0 Å². The van der Waals surface area contributed by atoms with Gasteiger partial charge in [0.25, 0.3) is 0 Å². The van der Waals surface area contributed by atoms with Crippen molar-refractivity contribution in [3.63, 3.8) is 0 Å². The zero-order valence-electron chi connectivity index (χ0n) is 11.0. The SMILES string of the molecule is Cc1c(C(=O)NNc2ccccc2)oc2ccccc12. The monoisotopic (exact) mass is 266 g/mol. The average Bonchev–Trinajstić information content (AvgIpc) is 2.84. The largest absolute Gasteiger partial charge is 0.451 e. The number of furan rings is 1. The number of nitrogens with one attached hydrogen (secondary N) is 2. The summed E-state index contributed by atoms with van der Waals surface area (Å²) in [4.78, 5) is 12.1. The van der Waals surface area contributed by atoms with Crippen molar-refractivity contribution in [2.75, 3.05) is 5.43 Å². The third kappa shape index (κ3) is 2.23. The van der Waals surface area contributed by atoms with Crippen molar-refractivity contribution in [2.24, 2.45) is 0 Å². The molecule has 0 aliphatic carbocycles. The molecule has 0 unspecified atom stereocenters. The Morgan fingerprint density at radius 1 is 1.00 bits per heavy atom. The van der Waals surface area contributed by atoms with Gasteiger partial charge >= 0.3 is 5.91 Å². The highest BCUT2D eigenvalue weighted by Gasteiger charge is 2.16. The van der Waals surface area contributed by atoms with Crippen LogP contribution < -0.4 is 10.9 Å². The van der Waals surface area contributed by atoms with Crippen LogP contribution in [0.25, 0.3) is 11.0 Å². The van der Waals surface area contributed by atoms with E-state index in [1.807, 2.05) is 61.5 Å². The molecule has 0 radical (unpaired) electrons. The molecule has 0 aliphatic rings. The number of aryl methyl sites for hydroxylation is 1. The molecule has 2 aromatic carbocycles. The fourth-order valence-electron chi connectivity index (χ4n) is 2.10. The summed E-state index contributed by atoms with van der Waals surface area (Å²) in [5.74, 6) is 0.0391. The number of benzene rings is 2. The van der Waals surface area contributed by atoms with Crippen LogP contribution in [0.5, 0.6) is 0 Å². The molecular formula is C16H14N2O2. The molecule has 0 saturated heterocycles. The lowest BCUT2D eigenvalue weighted by atomic mass is 10.1. The van der Waals surface area contributed by atoms with Gasteiger partial charge in [-0.1, -0.05) is 36.4 Å². The van der Waals surface area contributed by atoms with E-state index >= 15 is 0 Å². The minimum Gasteiger partial charge on any atom is -0.451 e. The van der Waals surface area contributed by atoms with E-state index < -0.39 is 0 Å². The fraction of sp³-hybridized carbons (Fsp3) is 0.0625. The van der Waals surface area contributed by atoms with Crippen LogP contribution in [-0.4, -0.2) is 5.91 Å². The number of hydrogen-bond acceptors (Lipinski definition) is 3. The van der Waals surface area contributed by atoms with Crippen molar-refractivity contribution >= 4 is 22.6 Å². The number of anilines is 1. The van der Waals surface area contributed by atoms with Crippen molar-refractivity contribution < 1.29 is 9.21 Å². The minimum atomic E-state index is -0.289.